The number of fused-ring (bicyclic) bond motifs is 1. The first kappa shape index (κ1) is 13.6. The number of carbonyl (C=O) groups is 2. The number of carbonyl (C=O) groups excluding carboxylic acids is 2. The maximum atomic E-state index is 12.5. The van der Waals surface area contributed by atoms with E-state index in [4.69, 9.17) is 0 Å². The van der Waals surface area contributed by atoms with Gasteiger partial charge in [-0.3, -0.25) is 9.59 Å². The molecule has 3 atom stereocenters. The van der Waals surface area contributed by atoms with Gasteiger partial charge in [0.1, 0.15) is 6.04 Å². The minimum absolute atomic E-state index is 0.287. The molecule has 2 heterocycles. The minimum atomic E-state index is -1.93. The molecule has 0 spiro atoms. The summed E-state index contributed by atoms with van der Waals surface area (Å²) in [6.07, 6.45) is 1.45. The summed E-state index contributed by atoms with van der Waals surface area (Å²) in [6.45, 7) is 0.522. The van der Waals surface area contributed by atoms with Crippen LogP contribution in [0.2, 0.25) is 0 Å². The Morgan fingerprint density at radius 2 is 2.05 bits per heavy atom. The molecular formula is C14H15BrN2O3. The molecule has 0 radical (unpaired) electrons. The maximum absolute atomic E-state index is 12.5. The van der Waals surface area contributed by atoms with Crippen LogP contribution in [0.3, 0.4) is 0 Å². The number of piperazine rings is 1. The molecule has 2 N–H and O–H groups in total. The summed E-state index contributed by atoms with van der Waals surface area (Å²) in [5.41, 5.74) is -1.19. The smallest absolute Gasteiger partial charge is 0.278 e. The van der Waals surface area contributed by atoms with E-state index in [1.54, 1.807) is 12.1 Å². The number of hydrogen-bond acceptors (Lipinski definition) is 3. The van der Waals surface area contributed by atoms with Gasteiger partial charge in [0, 0.05) is 6.54 Å². The van der Waals surface area contributed by atoms with Crippen LogP contribution in [0.5, 0.6) is 0 Å². The SMILES string of the molecule is O=C1N[C@@](O)([C@@H](Br)c2ccccc2)C(=O)N2CCC[C@@H]12. The molecule has 20 heavy (non-hydrogen) atoms. The van der Waals surface area contributed by atoms with E-state index in [1.165, 1.54) is 4.90 Å². The number of amides is 2. The van der Waals surface area contributed by atoms with Crippen molar-refractivity contribution in [3.05, 3.63) is 35.9 Å². The van der Waals surface area contributed by atoms with Crippen molar-refractivity contribution >= 4 is 27.7 Å². The predicted molar refractivity (Wildman–Crippen MR) is 75.9 cm³/mol. The summed E-state index contributed by atoms with van der Waals surface area (Å²) in [4.78, 5) is 25.4. The average molecular weight is 339 g/mol. The number of aliphatic hydroxyl groups is 1. The molecule has 1 aromatic rings. The highest BCUT2D eigenvalue weighted by Crippen LogP contribution is 2.38. The normalized spacial score (nSPS) is 30.9. The lowest BCUT2D eigenvalue weighted by atomic mass is 9.97. The fourth-order valence-corrected chi connectivity index (χ4v) is 3.48. The van der Waals surface area contributed by atoms with E-state index in [2.05, 4.69) is 21.2 Å². The fourth-order valence-electron chi connectivity index (χ4n) is 2.86. The molecule has 0 unspecified atom stereocenters. The minimum Gasteiger partial charge on any atom is -0.362 e. The van der Waals surface area contributed by atoms with Crippen molar-refractivity contribution in [1.29, 1.82) is 0 Å². The Balaban J connectivity index is 1.94. The third-order valence-corrected chi connectivity index (χ3v) is 5.11. The van der Waals surface area contributed by atoms with Gasteiger partial charge in [0.2, 0.25) is 11.6 Å². The Labute approximate surface area is 125 Å². The number of nitrogens with zero attached hydrogens (tertiary/aromatic N) is 1. The van der Waals surface area contributed by atoms with Gasteiger partial charge in [-0.2, -0.15) is 0 Å². The highest BCUT2D eigenvalue weighted by Gasteiger charge is 2.55. The monoisotopic (exact) mass is 338 g/mol. The highest BCUT2D eigenvalue weighted by atomic mass is 79.9. The van der Waals surface area contributed by atoms with Crippen LogP contribution >= 0.6 is 15.9 Å². The summed E-state index contributed by atoms with van der Waals surface area (Å²) < 4.78 is 0. The van der Waals surface area contributed by atoms with Gasteiger partial charge >= 0.3 is 0 Å². The van der Waals surface area contributed by atoms with Crippen LogP contribution in [0, 0.1) is 0 Å². The van der Waals surface area contributed by atoms with E-state index >= 15 is 0 Å². The summed E-state index contributed by atoms with van der Waals surface area (Å²) in [6, 6.07) is 8.66. The Morgan fingerprint density at radius 3 is 2.75 bits per heavy atom. The third kappa shape index (κ3) is 1.94. The van der Waals surface area contributed by atoms with Gasteiger partial charge in [-0.1, -0.05) is 46.3 Å². The number of nitrogens with one attached hydrogen (secondary N) is 1. The molecular weight excluding hydrogens is 324 g/mol. The van der Waals surface area contributed by atoms with Crippen LogP contribution in [-0.2, 0) is 9.59 Å². The molecule has 106 valence electrons. The van der Waals surface area contributed by atoms with Crippen molar-refractivity contribution in [3.63, 3.8) is 0 Å². The second kappa shape index (κ2) is 4.86. The van der Waals surface area contributed by atoms with Crippen molar-refractivity contribution in [2.24, 2.45) is 0 Å². The molecule has 0 saturated carbocycles. The van der Waals surface area contributed by atoms with Crippen LogP contribution in [0.15, 0.2) is 30.3 Å². The molecule has 5 nitrogen and oxygen atoms in total. The summed E-state index contributed by atoms with van der Waals surface area (Å²) in [7, 11) is 0. The quantitative estimate of drug-likeness (QED) is 0.788. The van der Waals surface area contributed by atoms with Gasteiger partial charge in [0.25, 0.3) is 5.91 Å². The molecule has 6 heteroatoms. The molecule has 1 aromatic carbocycles. The largest absolute Gasteiger partial charge is 0.362 e. The lowest BCUT2D eigenvalue weighted by Gasteiger charge is -2.42. The zero-order chi connectivity index (χ0) is 14.3. The van der Waals surface area contributed by atoms with Crippen LogP contribution in [0.25, 0.3) is 0 Å². The van der Waals surface area contributed by atoms with Crippen molar-refractivity contribution in [1.82, 2.24) is 10.2 Å². The van der Waals surface area contributed by atoms with Crippen LogP contribution in [-0.4, -0.2) is 40.1 Å². The zero-order valence-electron chi connectivity index (χ0n) is 10.8. The van der Waals surface area contributed by atoms with Gasteiger partial charge in [-0.25, -0.2) is 0 Å². The first-order chi connectivity index (χ1) is 9.54. The Morgan fingerprint density at radius 1 is 1.35 bits per heavy atom. The van der Waals surface area contributed by atoms with Crippen molar-refractivity contribution in [2.45, 2.75) is 29.4 Å². The van der Waals surface area contributed by atoms with Crippen molar-refractivity contribution in [2.75, 3.05) is 6.54 Å². The van der Waals surface area contributed by atoms with Crippen LogP contribution in [0.4, 0.5) is 0 Å². The molecule has 2 amide bonds. The number of alkyl halides is 1. The van der Waals surface area contributed by atoms with E-state index in [-0.39, 0.29) is 5.91 Å². The number of hydrogen-bond donors (Lipinski definition) is 2. The molecule has 0 bridgehead atoms. The molecule has 2 aliphatic heterocycles. The molecule has 0 aromatic heterocycles. The average Bonchev–Trinajstić information content (AvgIpc) is 2.95. The molecule has 3 rings (SSSR count). The second-order valence-corrected chi connectivity index (χ2v) is 6.10. The lowest BCUT2D eigenvalue weighted by Crippen LogP contribution is -2.70. The first-order valence-electron chi connectivity index (χ1n) is 6.58. The summed E-state index contributed by atoms with van der Waals surface area (Å²) in [5, 5.41) is 13.2. The summed E-state index contributed by atoms with van der Waals surface area (Å²) in [5.74, 6) is -0.727. The van der Waals surface area contributed by atoms with Crippen molar-refractivity contribution < 1.29 is 14.7 Å². The molecule has 2 fully saturated rings. The third-order valence-electron chi connectivity index (χ3n) is 3.92. The van der Waals surface area contributed by atoms with Crippen LogP contribution < -0.4 is 5.32 Å². The van der Waals surface area contributed by atoms with Gasteiger partial charge in [-0.15, -0.1) is 0 Å². The Kier molecular flexibility index (Phi) is 3.30. The topological polar surface area (TPSA) is 69.6 Å². The fraction of sp³-hybridized carbons (Fsp3) is 0.429. The van der Waals surface area contributed by atoms with E-state index in [9.17, 15) is 14.7 Å². The van der Waals surface area contributed by atoms with Crippen molar-refractivity contribution in [3.8, 4) is 0 Å². The Bertz CT molecular complexity index is 551. The second-order valence-electron chi connectivity index (χ2n) is 5.19. The van der Waals surface area contributed by atoms with Gasteiger partial charge in [0.15, 0.2) is 0 Å². The van der Waals surface area contributed by atoms with E-state index in [1.807, 2.05) is 18.2 Å². The lowest BCUT2D eigenvalue weighted by molar-refractivity contribution is -0.170. The van der Waals surface area contributed by atoms with E-state index < -0.39 is 22.5 Å². The maximum Gasteiger partial charge on any atom is 0.278 e. The number of rotatable bonds is 2. The van der Waals surface area contributed by atoms with E-state index in [0.29, 0.717) is 13.0 Å². The Hall–Kier alpha value is -1.40. The van der Waals surface area contributed by atoms with E-state index in [0.717, 1.165) is 12.0 Å². The zero-order valence-corrected chi connectivity index (χ0v) is 12.3. The predicted octanol–water partition coefficient (Wildman–Crippen LogP) is 0.932. The highest BCUT2D eigenvalue weighted by molar-refractivity contribution is 9.09. The molecule has 0 aliphatic carbocycles. The van der Waals surface area contributed by atoms with Gasteiger partial charge < -0.3 is 15.3 Å². The van der Waals surface area contributed by atoms with Crippen LogP contribution in [0.1, 0.15) is 23.2 Å². The standard InChI is InChI=1S/C14H15BrN2O3/c15-11(9-5-2-1-3-6-9)14(20)13(19)17-8-4-7-10(17)12(18)16-14/h1-3,5-6,10-11,20H,4,7-8H2,(H,16,18)/t10-,11-,14+/m0/s1. The number of halogens is 1. The van der Waals surface area contributed by atoms with Gasteiger partial charge in [-0.05, 0) is 18.4 Å². The molecule has 2 aliphatic rings. The number of benzene rings is 1. The molecule has 2 saturated heterocycles. The van der Waals surface area contributed by atoms with Gasteiger partial charge in [0.05, 0.1) is 4.83 Å². The summed E-state index contributed by atoms with van der Waals surface area (Å²) >= 11 is 3.36. The first-order valence-corrected chi connectivity index (χ1v) is 7.50.